The maximum Gasteiger partial charge on any atom is 0.208 e. The van der Waals surface area contributed by atoms with Gasteiger partial charge in [-0.25, -0.2) is 4.39 Å². The zero-order valence-corrected chi connectivity index (χ0v) is 7.70. The molecule has 0 bridgehead atoms. The Balaban J connectivity index is 4.01. The Morgan fingerprint density at radius 3 is 1.44 bits per heavy atom. The van der Waals surface area contributed by atoms with Gasteiger partial charge in [0.25, 0.3) is 0 Å². The summed E-state index contributed by atoms with van der Waals surface area (Å²) < 4.78 is 10.1. The van der Waals surface area contributed by atoms with Crippen LogP contribution in [0.15, 0.2) is 0 Å². The molecule has 0 aromatic heterocycles. The molecule has 0 rings (SSSR count). The molecule has 0 aliphatic carbocycles. The second-order valence-electron chi connectivity index (χ2n) is 1.28. The van der Waals surface area contributed by atoms with Gasteiger partial charge >= 0.3 is 0 Å². The molecule has 0 heterocycles. The Labute approximate surface area is 77.2 Å². The molecule has 56 valence electrons. The molecular weight excluding hydrogens is 232 g/mol. The molecular formula is C3H2Cl5F. The second-order valence-corrected chi connectivity index (χ2v) is 4.20. The number of hydrogen-bond acceptors (Lipinski definition) is 0. The third-order valence-corrected chi connectivity index (χ3v) is 3.10. The summed E-state index contributed by atoms with van der Waals surface area (Å²) >= 11 is 25.5. The van der Waals surface area contributed by atoms with Crippen molar-refractivity contribution in [2.45, 2.75) is 14.8 Å². The molecule has 0 fully saturated rings. The van der Waals surface area contributed by atoms with Crippen LogP contribution in [0.25, 0.3) is 0 Å². The van der Waals surface area contributed by atoms with Crippen molar-refractivity contribution < 1.29 is 4.39 Å². The highest BCUT2D eigenvalue weighted by molar-refractivity contribution is 6.61. The van der Waals surface area contributed by atoms with Crippen LogP contribution < -0.4 is 0 Å². The lowest BCUT2D eigenvalue weighted by atomic mass is 10.5. The van der Waals surface area contributed by atoms with E-state index < -0.39 is 14.8 Å². The lowest BCUT2D eigenvalue weighted by molar-refractivity contribution is 0.414. The van der Waals surface area contributed by atoms with Gasteiger partial charge in [-0.05, 0) is 0 Å². The molecule has 0 aliphatic heterocycles. The standard InChI is InChI=1S/C3H2Cl5F/c4-1(5)3(7,8)2(6)9/h1-2H. The molecule has 1 unspecified atom stereocenters. The Hall–Kier alpha value is 1.38. The summed E-state index contributed by atoms with van der Waals surface area (Å²) in [6, 6.07) is 0. The van der Waals surface area contributed by atoms with E-state index in [1.54, 1.807) is 0 Å². The van der Waals surface area contributed by atoms with Gasteiger partial charge in [0.2, 0.25) is 5.63 Å². The first-order chi connectivity index (χ1) is 3.89. The highest BCUT2D eigenvalue weighted by Gasteiger charge is 2.40. The van der Waals surface area contributed by atoms with Gasteiger partial charge < -0.3 is 0 Å². The molecule has 0 aromatic rings. The Bertz CT molecular complexity index is 80.2. The number of halogens is 6. The molecule has 0 N–H and O–H groups in total. The minimum Gasteiger partial charge on any atom is -0.227 e. The van der Waals surface area contributed by atoms with Crippen LogP contribution in [-0.4, -0.2) is 14.8 Å². The van der Waals surface area contributed by atoms with E-state index in [1.165, 1.54) is 0 Å². The fourth-order valence-corrected chi connectivity index (χ4v) is 0.571. The molecule has 0 aliphatic rings. The molecule has 9 heavy (non-hydrogen) atoms. The van der Waals surface area contributed by atoms with Crippen LogP contribution in [0, 0.1) is 0 Å². The fourth-order valence-electron chi connectivity index (χ4n) is 0.0952. The summed E-state index contributed by atoms with van der Waals surface area (Å²) in [5.41, 5.74) is -1.97. The summed E-state index contributed by atoms with van der Waals surface area (Å²) in [5.74, 6) is 0. The number of alkyl halides is 6. The van der Waals surface area contributed by atoms with Crippen LogP contribution >= 0.6 is 58.0 Å². The van der Waals surface area contributed by atoms with E-state index in [0.717, 1.165) is 0 Å². The minimum absolute atomic E-state index is 1.24. The first-order valence-corrected chi connectivity index (χ1v) is 3.89. The molecule has 0 nitrogen and oxygen atoms in total. The van der Waals surface area contributed by atoms with Crippen molar-refractivity contribution in [3.05, 3.63) is 0 Å². The van der Waals surface area contributed by atoms with E-state index in [0.29, 0.717) is 0 Å². The second kappa shape index (κ2) is 3.68. The van der Waals surface area contributed by atoms with Crippen molar-refractivity contribution in [1.82, 2.24) is 0 Å². The van der Waals surface area contributed by atoms with Gasteiger partial charge in [-0.15, -0.1) is 23.2 Å². The van der Waals surface area contributed by atoms with E-state index in [2.05, 4.69) is 0 Å². The van der Waals surface area contributed by atoms with E-state index in [1.807, 2.05) is 0 Å². The molecule has 0 radical (unpaired) electrons. The topological polar surface area (TPSA) is 0 Å². The molecule has 6 heteroatoms. The first kappa shape index (κ1) is 10.4. The summed E-state index contributed by atoms with van der Waals surface area (Å²) in [5, 5.41) is 0. The van der Waals surface area contributed by atoms with E-state index >= 15 is 0 Å². The van der Waals surface area contributed by atoms with Crippen molar-refractivity contribution >= 4 is 58.0 Å². The summed E-state index contributed by atoms with van der Waals surface area (Å²) in [6.07, 6.45) is 0. The van der Waals surface area contributed by atoms with Gasteiger partial charge in [-0.1, -0.05) is 34.8 Å². The number of rotatable bonds is 2. The Morgan fingerprint density at radius 1 is 1.11 bits per heavy atom. The van der Waals surface area contributed by atoms with Gasteiger partial charge in [0, 0.05) is 0 Å². The van der Waals surface area contributed by atoms with Gasteiger partial charge in [-0.3, -0.25) is 0 Å². The monoisotopic (exact) mass is 232 g/mol. The van der Waals surface area contributed by atoms with Crippen molar-refractivity contribution in [3.8, 4) is 0 Å². The van der Waals surface area contributed by atoms with Crippen molar-refractivity contribution in [2.24, 2.45) is 0 Å². The minimum atomic E-state index is -1.97. The third-order valence-electron chi connectivity index (χ3n) is 0.582. The van der Waals surface area contributed by atoms with Crippen LogP contribution in [0.5, 0.6) is 0 Å². The van der Waals surface area contributed by atoms with Crippen LogP contribution in [0.3, 0.4) is 0 Å². The van der Waals surface area contributed by atoms with E-state index in [4.69, 9.17) is 58.0 Å². The molecule has 1 atom stereocenters. The Morgan fingerprint density at radius 2 is 1.44 bits per heavy atom. The lowest BCUT2D eigenvalue weighted by Crippen LogP contribution is -2.30. The third kappa shape index (κ3) is 2.85. The summed E-state index contributed by atoms with van der Waals surface area (Å²) in [7, 11) is 0. The average Bonchev–Trinajstić information content (AvgIpc) is 1.65. The highest BCUT2D eigenvalue weighted by Crippen LogP contribution is 2.38. The summed E-state index contributed by atoms with van der Waals surface area (Å²) in [6.45, 7) is 0. The molecule has 0 aromatic carbocycles. The summed E-state index contributed by atoms with van der Waals surface area (Å²) in [4.78, 5) is -1.24. The SMILES string of the molecule is FC(Cl)C(Cl)(Cl)C(Cl)Cl. The van der Waals surface area contributed by atoms with Crippen LogP contribution in [0.4, 0.5) is 4.39 Å². The van der Waals surface area contributed by atoms with Crippen LogP contribution in [-0.2, 0) is 0 Å². The first-order valence-electron chi connectivity index (χ1n) is 1.83. The quantitative estimate of drug-likeness (QED) is 0.641. The fraction of sp³-hybridized carbons (Fsp3) is 1.00. The molecule has 0 saturated heterocycles. The normalized spacial score (nSPS) is 16.3. The highest BCUT2D eigenvalue weighted by atomic mass is 35.5. The largest absolute Gasteiger partial charge is 0.227 e. The van der Waals surface area contributed by atoms with E-state index in [9.17, 15) is 4.39 Å². The number of hydrogen-bond donors (Lipinski definition) is 0. The maximum atomic E-state index is 12.1. The Kier molecular flexibility index (Phi) is 4.24. The lowest BCUT2D eigenvalue weighted by Gasteiger charge is -2.19. The van der Waals surface area contributed by atoms with Gasteiger partial charge in [-0.2, -0.15) is 0 Å². The zero-order chi connectivity index (χ0) is 7.65. The predicted octanol–water partition coefficient (Wildman–Crippen LogP) is 3.50. The van der Waals surface area contributed by atoms with Gasteiger partial charge in [0.05, 0.1) is 0 Å². The van der Waals surface area contributed by atoms with E-state index in [-0.39, 0.29) is 0 Å². The molecule has 0 saturated carbocycles. The van der Waals surface area contributed by atoms with Crippen molar-refractivity contribution in [3.63, 3.8) is 0 Å². The van der Waals surface area contributed by atoms with Crippen LogP contribution in [0.1, 0.15) is 0 Å². The smallest absolute Gasteiger partial charge is 0.208 e. The predicted molar refractivity (Wildman–Crippen MR) is 40.7 cm³/mol. The average molecular weight is 234 g/mol. The zero-order valence-electron chi connectivity index (χ0n) is 3.92. The molecule has 0 spiro atoms. The maximum absolute atomic E-state index is 12.1. The van der Waals surface area contributed by atoms with Crippen molar-refractivity contribution in [1.29, 1.82) is 0 Å². The van der Waals surface area contributed by atoms with Gasteiger partial charge in [0.15, 0.2) is 4.33 Å². The molecule has 0 amide bonds. The van der Waals surface area contributed by atoms with Crippen molar-refractivity contribution in [2.75, 3.05) is 0 Å². The van der Waals surface area contributed by atoms with Gasteiger partial charge in [0.1, 0.15) is 4.84 Å². The van der Waals surface area contributed by atoms with Crippen LogP contribution in [0.2, 0.25) is 0 Å².